The van der Waals surface area contributed by atoms with Crippen LogP contribution in [0.25, 0.3) is 0 Å². The summed E-state index contributed by atoms with van der Waals surface area (Å²) in [7, 11) is -3.47. The SMILES string of the molecule is Cc1cc(S(=O)(=O)N2CCC(C=O)CC2)ccc1Cl. The zero-order valence-electron chi connectivity index (χ0n) is 10.7. The van der Waals surface area contributed by atoms with Gasteiger partial charge < -0.3 is 4.79 Å². The van der Waals surface area contributed by atoms with Crippen molar-refractivity contribution in [2.45, 2.75) is 24.7 Å². The molecule has 2 rings (SSSR count). The van der Waals surface area contributed by atoms with Gasteiger partial charge in [-0.3, -0.25) is 0 Å². The lowest BCUT2D eigenvalue weighted by molar-refractivity contribution is -0.112. The van der Waals surface area contributed by atoms with Crippen LogP contribution in [0.3, 0.4) is 0 Å². The number of carbonyl (C=O) groups is 1. The van der Waals surface area contributed by atoms with Gasteiger partial charge in [0.15, 0.2) is 0 Å². The molecule has 0 spiro atoms. The fraction of sp³-hybridized carbons (Fsp3) is 0.462. The second kappa shape index (κ2) is 5.61. The maximum Gasteiger partial charge on any atom is 0.243 e. The molecule has 0 atom stereocenters. The molecule has 0 N–H and O–H groups in total. The molecular weight excluding hydrogens is 286 g/mol. The van der Waals surface area contributed by atoms with Gasteiger partial charge in [0.1, 0.15) is 6.29 Å². The summed E-state index contributed by atoms with van der Waals surface area (Å²) in [6, 6.07) is 4.71. The summed E-state index contributed by atoms with van der Waals surface area (Å²) in [6.07, 6.45) is 2.10. The quantitative estimate of drug-likeness (QED) is 0.805. The second-order valence-corrected chi connectivity index (χ2v) is 7.13. The summed E-state index contributed by atoms with van der Waals surface area (Å²) in [5.41, 5.74) is 0.741. The first-order valence-corrected chi connectivity index (χ1v) is 7.98. The van der Waals surface area contributed by atoms with E-state index in [1.54, 1.807) is 19.1 Å². The van der Waals surface area contributed by atoms with Gasteiger partial charge in [0.25, 0.3) is 0 Å². The Morgan fingerprint density at radius 3 is 2.47 bits per heavy atom. The molecule has 4 nitrogen and oxygen atoms in total. The van der Waals surface area contributed by atoms with Gasteiger partial charge in [0.2, 0.25) is 10.0 Å². The highest BCUT2D eigenvalue weighted by Gasteiger charge is 2.29. The number of piperidine rings is 1. The third-order valence-electron chi connectivity index (χ3n) is 3.46. The van der Waals surface area contributed by atoms with Crippen LogP contribution in [0.2, 0.25) is 5.02 Å². The molecule has 1 aromatic rings. The minimum atomic E-state index is -3.47. The molecular formula is C13H16ClNO3S. The van der Waals surface area contributed by atoms with Crippen LogP contribution in [0.5, 0.6) is 0 Å². The van der Waals surface area contributed by atoms with Gasteiger partial charge in [0.05, 0.1) is 4.90 Å². The van der Waals surface area contributed by atoms with Crippen LogP contribution in [0, 0.1) is 12.8 Å². The van der Waals surface area contributed by atoms with Crippen molar-refractivity contribution in [1.82, 2.24) is 4.31 Å². The summed E-state index contributed by atoms with van der Waals surface area (Å²) in [5.74, 6) is -0.0154. The number of aryl methyl sites for hydroxylation is 1. The summed E-state index contributed by atoms with van der Waals surface area (Å²) in [5, 5.41) is 0.554. The first-order valence-electron chi connectivity index (χ1n) is 6.17. The maximum atomic E-state index is 12.4. The van der Waals surface area contributed by atoms with Crippen molar-refractivity contribution in [2.75, 3.05) is 13.1 Å². The Kier molecular flexibility index (Phi) is 4.28. The van der Waals surface area contributed by atoms with Gasteiger partial charge in [0, 0.05) is 24.0 Å². The highest BCUT2D eigenvalue weighted by molar-refractivity contribution is 7.89. The molecule has 6 heteroatoms. The minimum Gasteiger partial charge on any atom is -0.303 e. The van der Waals surface area contributed by atoms with Crippen LogP contribution < -0.4 is 0 Å². The molecule has 1 aliphatic heterocycles. The Labute approximate surface area is 118 Å². The van der Waals surface area contributed by atoms with Gasteiger partial charge >= 0.3 is 0 Å². The Morgan fingerprint density at radius 2 is 1.95 bits per heavy atom. The van der Waals surface area contributed by atoms with Crippen LogP contribution in [0.15, 0.2) is 23.1 Å². The lowest BCUT2D eigenvalue weighted by atomic mass is 10.0. The minimum absolute atomic E-state index is 0.0154. The average molecular weight is 302 g/mol. The van der Waals surface area contributed by atoms with Crippen molar-refractivity contribution in [1.29, 1.82) is 0 Å². The number of hydrogen-bond donors (Lipinski definition) is 0. The molecule has 0 aliphatic carbocycles. The molecule has 19 heavy (non-hydrogen) atoms. The van der Waals surface area contributed by atoms with Crippen molar-refractivity contribution < 1.29 is 13.2 Å². The summed E-state index contributed by atoms with van der Waals surface area (Å²) in [6.45, 7) is 2.57. The van der Waals surface area contributed by atoms with E-state index in [1.807, 2.05) is 0 Å². The molecule has 0 unspecified atom stereocenters. The Bertz CT molecular complexity index is 578. The van der Waals surface area contributed by atoms with Gasteiger partial charge in [-0.1, -0.05) is 11.6 Å². The number of hydrogen-bond acceptors (Lipinski definition) is 3. The zero-order chi connectivity index (χ0) is 14.0. The summed E-state index contributed by atoms with van der Waals surface area (Å²) >= 11 is 5.91. The van der Waals surface area contributed by atoms with E-state index >= 15 is 0 Å². The summed E-state index contributed by atoms with van der Waals surface area (Å²) in [4.78, 5) is 10.9. The molecule has 0 saturated carbocycles. The van der Waals surface area contributed by atoms with E-state index in [1.165, 1.54) is 10.4 Å². The van der Waals surface area contributed by atoms with E-state index in [2.05, 4.69) is 0 Å². The Morgan fingerprint density at radius 1 is 1.32 bits per heavy atom. The molecule has 1 heterocycles. The predicted molar refractivity (Wildman–Crippen MR) is 73.7 cm³/mol. The van der Waals surface area contributed by atoms with Crippen molar-refractivity contribution in [3.05, 3.63) is 28.8 Å². The first-order chi connectivity index (χ1) is 8.95. The smallest absolute Gasteiger partial charge is 0.243 e. The molecule has 0 bridgehead atoms. The monoisotopic (exact) mass is 301 g/mol. The highest BCUT2D eigenvalue weighted by Crippen LogP contribution is 2.25. The maximum absolute atomic E-state index is 12.4. The van der Waals surface area contributed by atoms with Crippen molar-refractivity contribution in [3.8, 4) is 0 Å². The largest absolute Gasteiger partial charge is 0.303 e. The lowest BCUT2D eigenvalue weighted by Gasteiger charge is -2.28. The van der Waals surface area contributed by atoms with Crippen molar-refractivity contribution in [3.63, 3.8) is 0 Å². The zero-order valence-corrected chi connectivity index (χ0v) is 12.2. The number of carbonyl (C=O) groups excluding carboxylic acids is 1. The van der Waals surface area contributed by atoms with Gasteiger partial charge in [-0.25, -0.2) is 8.42 Å². The average Bonchev–Trinajstić information content (AvgIpc) is 2.41. The number of halogens is 1. The standard InChI is InChI=1S/C13H16ClNO3S/c1-10-8-12(2-3-13(10)14)19(17,18)15-6-4-11(9-16)5-7-15/h2-3,8-9,11H,4-7H2,1H3. The number of rotatable bonds is 3. The van der Waals surface area contributed by atoms with Gasteiger partial charge in [-0.15, -0.1) is 0 Å². The van der Waals surface area contributed by atoms with Gasteiger partial charge in [-0.05, 0) is 43.5 Å². The molecule has 104 valence electrons. The molecule has 1 fully saturated rings. The third-order valence-corrected chi connectivity index (χ3v) is 5.78. The molecule has 0 aromatic heterocycles. The number of aldehydes is 1. The van der Waals surface area contributed by atoms with E-state index in [4.69, 9.17) is 11.6 Å². The Hall–Kier alpha value is -0.910. The lowest BCUT2D eigenvalue weighted by Crippen LogP contribution is -2.38. The van der Waals surface area contributed by atoms with E-state index in [0.717, 1.165) is 11.8 Å². The molecule has 0 radical (unpaired) electrons. The number of nitrogens with zero attached hydrogens (tertiary/aromatic N) is 1. The predicted octanol–water partition coefficient (Wildman–Crippen LogP) is 2.25. The molecule has 1 aliphatic rings. The highest BCUT2D eigenvalue weighted by atomic mass is 35.5. The van der Waals surface area contributed by atoms with Crippen LogP contribution >= 0.6 is 11.6 Å². The van der Waals surface area contributed by atoms with Crippen LogP contribution in [0.4, 0.5) is 0 Å². The Balaban J connectivity index is 2.23. The first kappa shape index (κ1) is 14.5. The second-order valence-electron chi connectivity index (χ2n) is 4.79. The van der Waals surface area contributed by atoms with Crippen LogP contribution in [-0.2, 0) is 14.8 Å². The molecule has 1 aromatic carbocycles. The van der Waals surface area contributed by atoms with Crippen molar-refractivity contribution >= 4 is 27.9 Å². The van der Waals surface area contributed by atoms with E-state index in [9.17, 15) is 13.2 Å². The fourth-order valence-electron chi connectivity index (χ4n) is 2.18. The van der Waals surface area contributed by atoms with E-state index in [-0.39, 0.29) is 10.8 Å². The van der Waals surface area contributed by atoms with Crippen LogP contribution in [-0.4, -0.2) is 32.1 Å². The van der Waals surface area contributed by atoms with Gasteiger partial charge in [-0.2, -0.15) is 4.31 Å². The molecule has 1 saturated heterocycles. The van der Waals surface area contributed by atoms with E-state index in [0.29, 0.717) is 31.0 Å². The van der Waals surface area contributed by atoms with Crippen molar-refractivity contribution in [2.24, 2.45) is 5.92 Å². The third kappa shape index (κ3) is 2.99. The summed E-state index contributed by atoms with van der Waals surface area (Å²) < 4.78 is 26.3. The topological polar surface area (TPSA) is 54.5 Å². The molecule has 0 amide bonds. The van der Waals surface area contributed by atoms with E-state index < -0.39 is 10.0 Å². The number of sulfonamides is 1. The number of benzene rings is 1. The normalized spacial score (nSPS) is 18.4. The fourth-order valence-corrected chi connectivity index (χ4v) is 3.85. The van der Waals surface area contributed by atoms with Crippen LogP contribution in [0.1, 0.15) is 18.4 Å².